The molecule has 2 unspecified atom stereocenters. The Morgan fingerprint density at radius 3 is 1.95 bits per heavy atom. The number of sulfonamides is 1. The van der Waals surface area contributed by atoms with E-state index in [1.807, 2.05) is 4.90 Å². The predicted octanol–water partition coefficient (Wildman–Crippen LogP) is 0.209. The number of rotatable bonds is 2. The third-order valence-electron chi connectivity index (χ3n) is 4.94. The van der Waals surface area contributed by atoms with E-state index < -0.39 is 10.0 Å². The molecule has 0 N–H and O–H groups in total. The first-order chi connectivity index (χ1) is 9.70. The Morgan fingerprint density at radius 2 is 1.52 bits per heavy atom. The molecule has 0 radical (unpaired) electrons. The van der Waals surface area contributed by atoms with Crippen LogP contribution in [0.4, 0.5) is 0 Å². The topological polar surface area (TPSA) is 60.9 Å². The number of nitrogens with zero attached hydrogens (tertiary/aromatic N) is 3. The van der Waals surface area contributed by atoms with E-state index in [0.717, 1.165) is 13.1 Å². The van der Waals surface area contributed by atoms with Gasteiger partial charge in [0.05, 0.1) is 6.26 Å². The van der Waals surface area contributed by atoms with Crippen molar-refractivity contribution in [3.05, 3.63) is 0 Å². The summed E-state index contributed by atoms with van der Waals surface area (Å²) >= 11 is 0. The molecule has 0 spiro atoms. The van der Waals surface area contributed by atoms with Gasteiger partial charge in [0.25, 0.3) is 0 Å². The summed E-state index contributed by atoms with van der Waals surface area (Å²) in [5.74, 6) is 0.181. The summed E-state index contributed by atoms with van der Waals surface area (Å²) in [4.78, 5) is 16.9. The summed E-state index contributed by atoms with van der Waals surface area (Å²) < 4.78 is 24.5. The zero-order valence-electron chi connectivity index (χ0n) is 13.4. The summed E-state index contributed by atoms with van der Waals surface area (Å²) in [6.45, 7) is 6.75. The Balaban J connectivity index is 1.93. The van der Waals surface area contributed by atoms with Crippen LogP contribution in [-0.4, -0.2) is 80.0 Å². The van der Waals surface area contributed by atoms with Crippen molar-refractivity contribution in [2.24, 2.45) is 5.92 Å². The average Bonchev–Trinajstić information content (AvgIpc) is 2.42. The number of hydrogen-bond acceptors (Lipinski definition) is 4. The van der Waals surface area contributed by atoms with Gasteiger partial charge in [0.2, 0.25) is 15.9 Å². The van der Waals surface area contributed by atoms with Crippen molar-refractivity contribution < 1.29 is 13.2 Å². The fraction of sp³-hybridized carbons (Fsp3) is 0.929. The Labute approximate surface area is 128 Å². The van der Waals surface area contributed by atoms with E-state index in [9.17, 15) is 13.2 Å². The lowest BCUT2D eigenvalue weighted by Crippen LogP contribution is -2.58. The van der Waals surface area contributed by atoms with Gasteiger partial charge in [-0.2, -0.15) is 0 Å². The second kappa shape index (κ2) is 6.22. The van der Waals surface area contributed by atoms with Gasteiger partial charge in [-0.15, -0.1) is 0 Å². The quantitative estimate of drug-likeness (QED) is 0.730. The van der Waals surface area contributed by atoms with Crippen molar-refractivity contribution in [3.63, 3.8) is 0 Å². The van der Waals surface area contributed by atoms with Crippen LogP contribution >= 0.6 is 0 Å². The zero-order valence-corrected chi connectivity index (χ0v) is 14.3. The molecule has 2 aliphatic heterocycles. The van der Waals surface area contributed by atoms with Gasteiger partial charge < -0.3 is 4.90 Å². The van der Waals surface area contributed by atoms with Crippen LogP contribution in [0, 0.1) is 5.92 Å². The minimum absolute atomic E-state index is 0.0224. The van der Waals surface area contributed by atoms with Crippen molar-refractivity contribution in [2.75, 3.05) is 39.5 Å². The lowest BCUT2D eigenvalue weighted by Gasteiger charge is -2.44. The number of carbonyl (C=O) groups excluding carboxylic acids is 1. The Bertz CT molecular complexity index is 474. The fourth-order valence-electron chi connectivity index (χ4n) is 3.28. The lowest BCUT2D eigenvalue weighted by atomic mass is 9.95. The summed E-state index contributed by atoms with van der Waals surface area (Å²) in [5.41, 5.74) is 0. The van der Waals surface area contributed by atoms with Gasteiger partial charge in [0, 0.05) is 44.2 Å². The van der Waals surface area contributed by atoms with Crippen molar-refractivity contribution in [2.45, 2.75) is 38.8 Å². The molecule has 0 aromatic rings. The Kier molecular flexibility index (Phi) is 4.95. The summed E-state index contributed by atoms with van der Waals surface area (Å²) in [6.07, 6.45) is 2.51. The smallest absolute Gasteiger partial charge is 0.225 e. The summed E-state index contributed by atoms with van der Waals surface area (Å²) in [7, 11) is -1.02. The summed E-state index contributed by atoms with van der Waals surface area (Å²) in [5, 5.41) is 0. The van der Waals surface area contributed by atoms with Crippen molar-refractivity contribution in [1.29, 1.82) is 0 Å². The normalized spacial score (nSPS) is 30.6. The maximum absolute atomic E-state index is 12.6. The van der Waals surface area contributed by atoms with E-state index >= 15 is 0 Å². The van der Waals surface area contributed by atoms with Crippen LogP contribution < -0.4 is 0 Å². The zero-order chi connectivity index (χ0) is 15.8. The first-order valence-electron chi connectivity index (χ1n) is 7.66. The first kappa shape index (κ1) is 16.7. The highest BCUT2D eigenvalue weighted by atomic mass is 32.2. The van der Waals surface area contributed by atoms with Gasteiger partial charge in [-0.25, -0.2) is 12.7 Å². The van der Waals surface area contributed by atoms with Crippen LogP contribution in [0.3, 0.4) is 0 Å². The minimum atomic E-state index is -3.12. The highest BCUT2D eigenvalue weighted by Crippen LogP contribution is 2.23. The van der Waals surface area contributed by atoms with E-state index in [2.05, 4.69) is 25.8 Å². The highest BCUT2D eigenvalue weighted by molar-refractivity contribution is 7.88. The Morgan fingerprint density at radius 1 is 1.05 bits per heavy atom. The highest BCUT2D eigenvalue weighted by Gasteiger charge is 2.35. The molecule has 2 atom stereocenters. The predicted molar refractivity (Wildman–Crippen MR) is 82.4 cm³/mol. The Hall–Kier alpha value is -0.660. The molecule has 0 aromatic carbocycles. The maximum atomic E-state index is 12.6. The number of carbonyl (C=O) groups is 1. The van der Waals surface area contributed by atoms with Gasteiger partial charge >= 0.3 is 0 Å². The number of amides is 1. The van der Waals surface area contributed by atoms with Crippen LogP contribution in [0.15, 0.2) is 0 Å². The van der Waals surface area contributed by atoms with Gasteiger partial charge in [0.1, 0.15) is 0 Å². The monoisotopic (exact) mass is 317 g/mol. The molecular weight excluding hydrogens is 290 g/mol. The number of hydrogen-bond donors (Lipinski definition) is 0. The van der Waals surface area contributed by atoms with E-state index in [-0.39, 0.29) is 11.8 Å². The molecule has 122 valence electrons. The van der Waals surface area contributed by atoms with Crippen LogP contribution in [0.25, 0.3) is 0 Å². The largest absolute Gasteiger partial charge is 0.339 e. The van der Waals surface area contributed by atoms with E-state index in [1.54, 1.807) is 0 Å². The number of likely N-dealkylation sites (N-methyl/N-ethyl adjacent to an activating group) is 1. The molecule has 0 aliphatic carbocycles. The second-order valence-corrected chi connectivity index (χ2v) is 8.53. The van der Waals surface area contributed by atoms with Crippen molar-refractivity contribution in [3.8, 4) is 0 Å². The molecule has 2 rings (SSSR count). The second-order valence-electron chi connectivity index (χ2n) is 6.54. The summed E-state index contributed by atoms with van der Waals surface area (Å²) in [6, 6.07) is 0.739. The number of piperazine rings is 1. The van der Waals surface area contributed by atoms with E-state index in [1.165, 1.54) is 10.6 Å². The molecule has 7 heteroatoms. The van der Waals surface area contributed by atoms with E-state index in [0.29, 0.717) is 38.0 Å². The van der Waals surface area contributed by atoms with Gasteiger partial charge in [-0.1, -0.05) is 0 Å². The molecule has 21 heavy (non-hydrogen) atoms. The minimum Gasteiger partial charge on any atom is -0.339 e. The van der Waals surface area contributed by atoms with Crippen LogP contribution in [0.1, 0.15) is 26.7 Å². The third kappa shape index (κ3) is 3.76. The molecule has 2 fully saturated rings. The average molecular weight is 317 g/mol. The molecular formula is C14H27N3O3S. The van der Waals surface area contributed by atoms with Crippen LogP contribution in [0.5, 0.6) is 0 Å². The molecule has 2 saturated heterocycles. The van der Waals surface area contributed by atoms with Gasteiger partial charge in [0.15, 0.2) is 0 Å². The number of piperidine rings is 1. The van der Waals surface area contributed by atoms with E-state index in [4.69, 9.17) is 0 Å². The first-order valence-corrected chi connectivity index (χ1v) is 9.51. The molecule has 1 amide bonds. The molecule has 6 nitrogen and oxygen atoms in total. The van der Waals surface area contributed by atoms with Crippen molar-refractivity contribution in [1.82, 2.24) is 14.1 Å². The standard InChI is InChI=1S/C14H27N3O3S/c1-11-9-16(10-12(2)15(11)3)14(18)13-5-7-17(8-6-13)21(4,19)20/h11-13H,5-10H2,1-4H3. The van der Waals surface area contributed by atoms with Gasteiger partial charge in [-0.05, 0) is 33.7 Å². The molecule has 2 heterocycles. The van der Waals surface area contributed by atoms with Crippen LogP contribution in [0.2, 0.25) is 0 Å². The van der Waals surface area contributed by atoms with Crippen molar-refractivity contribution >= 4 is 15.9 Å². The maximum Gasteiger partial charge on any atom is 0.225 e. The van der Waals surface area contributed by atoms with Gasteiger partial charge in [-0.3, -0.25) is 9.69 Å². The SMILES string of the molecule is CC1CN(C(=O)C2CCN(S(C)(=O)=O)CC2)CC(C)N1C. The molecule has 0 aromatic heterocycles. The molecule has 0 bridgehead atoms. The molecule has 0 saturated carbocycles. The molecule has 2 aliphatic rings. The fourth-order valence-corrected chi connectivity index (χ4v) is 4.15. The lowest BCUT2D eigenvalue weighted by molar-refractivity contribution is -0.140. The van der Waals surface area contributed by atoms with Crippen LogP contribution in [-0.2, 0) is 14.8 Å². The third-order valence-corrected chi connectivity index (χ3v) is 6.25.